The molecule has 1 saturated heterocycles. The van der Waals surface area contributed by atoms with Crippen molar-refractivity contribution in [3.8, 4) is 0 Å². The van der Waals surface area contributed by atoms with Gasteiger partial charge in [-0.2, -0.15) is 0 Å². The first kappa shape index (κ1) is 16.0. The molecule has 2 aliphatic rings. The smallest absolute Gasteiger partial charge is 0.229 e. The molecule has 23 heavy (non-hydrogen) atoms. The Morgan fingerprint density at radius 2 is 1.61 bits per heavy atom. The molecule has 1 heterocycles. The third-order valence-corrected chi connectivity index (χ3v) is 5.10. The minimum absolute atomic E-state index is 0.0392. The van der Waals surface area contributed by atoms with E-state index >= 15 is 0 Å². The first-order valence-corrected chi connectivity index (χ1v) is 8.89. The molecule has 1 aromatic rings. The first-order valence-electron chi connectivity index (χ1n) is 8.89. The zero-order valence-corrected chi connectivity index (χ0v) is 13.7. The van der Waals surface area contributed by atoms with Crippen LogP contribution < -0.4 is 5.32 Å². The number of carbonyl (C=O) groups is 2. The summed E-state index contributed by atoms with van der Waals surface area (Å²) in [6.45, 7) is 1.39. The second-order valence-electron chi connectivity index (χ2n) is 6.81. The predicted octanol–water partition coefficient (Wildman–Crippen LogP) is 3.44. The number of nitrogens with zero attached hydrogens (tertiary/aromatic N) is 1. The van der Waals surface area contributed by atoms with Gasteiger partial charge in [0.05, 0.1) is 5.92 Å². The van der Waals surface area contributed by atoms with Gasteiger partial charge in [-0.3, -0.25) is 9.59 Å². The number of hydrogen-bond acceptors (Lipinski definition) is 2. The van der Waals surface area contributed by atoms with E-state index in [-0.39, 0.29) is 23.7 Å². The van der Waals surface area contributed by atoms with Gasteiger partial charge in [-0.15, -0.1) is 0 Å². The number of rotatable bonds is 3. The highest BCUT2D eigenvalue weighted by atomic mass is 16.2. The maximum Gasteiger partial charge on any atom is 0.229 e. The molecule has 0 radical (unpaired) electrons. The molecule has 1 aliphatic heterocycles. The average molecular weight is 314 g/mol. The highest BCUT2D eigenvalue weighted by Crippen LogP contribution is 2.28. The largest absolute Gasteiger partial charge is 0.342 e. The monoisotopic (exact) mass is 314 g/mol. The van der Waals surface area contributed by atoms with Gasteiger partial charge in [0.15, 0.2) is 0 Å². The molecular formula is C19H26N2O2. The van der Waals surface area contributed by atoms with Crippen molar-refractivity contribution in [2.45, 2.75) is 44.9 Å². The summed E-state index contributed by atoms with van der Waals surface area (Å²) in [6.07, 6.45) is 7.43. The van der Waals surface area contributed by atoms with Crippen LogP contribution in [0.5, 0.6) is 0 Å². The molecule has 2 amide bonds. The molecule has 1 aliphatic carbocycles. The first-order chi connectivity index (χ1) is 11.2. The lowest BCUT2D eigenvalue weighted by molar-refractivity contribution is -0.139. The Balaban J connectivity index is 1.57. The molecule has 3 rings (SSSR count). The molecule has 4 heteroatoms. The summed E-state index contributed by atoms with van der Waals surface area (Å²) in [6, 6.07) is 9.54. The van der Waals surface area contributed by atoms with Crippen LogP contribution >= 0.6 is 0 Å². The lowest BCUT2D eigenvalue weighted by Gasteiger charge is -2.35. The third-order valence-electron chi connectivity index (χ3n) is 5.10. The minimum atomic E-state index is -0.0866. The SMILES string of the molecule is O=C(Nc1ccccc1)[C@H]1CCCN(C(=O)C2CCCCC2)C1. The number of nitrogens with one attached hydrogen (secondary N) is 1. The van der Waals surface area contributed by atoms with Gasteiger partial charge < -0.3 is 10.2 Å². The number of anilines is 1. The maximum absolute atomic E-state index is 12.7. The fourth-order valence-corrected chi connectivity index (χ4v) is 3.76. The molecule has 2 fully saturated rings. The Kier molecular flexibility index (Phi) is 5.31. The van der Waals surface area contributed by atoms with Crippen LogP contribution in [0.25, 0.3) is 0 Å². The van der Waals surface area contributed by atoms with E-state index in [2.05, 4.69) is 5.32 Å². The summed E-state index contributed by atoms with van der Waals surface area (Å²) in [4.78, 5) is 27.1. The molecule has 124 valence electrons. The van der Waals surface area contributed by atoms with Gasteiger partial charge in [0.25, 0.3) is 0 Å². The minimum Gasteiger partial charge on any atom is -0.342 e. The van der Waals surface area contributed by atoms with Crippen molar-refractivity contribution in [1.29, 1.82) is 0 Å². The van der Waals surface area contributed by atoms with E-state index in [1.165, 1.54) is 19.3 Å². The Hall–Kier alpha value is -1.84. The number of benzene rings is 1. The highest BCUT2D eigenvalue weighted by Gasteiger charge is 2.32. The van der Waals surface area contributed by atoms with Gasteiger partial charge in [0.2, 0.25) is 11.8 Å². The Morgan fingerprint density at radius 3 is 2.35 bits per heavy atom. The van der Waals surface area contributed by atoms with Crippen LogP contribution in [0.1, 0.15) is 44.9 Å². The Labute approximate surface area is 138 Å². The van der Waals surface area contributed by atoms with Crippen molar-refractivity contribution >= 4 is 17.5 Å². The van der Waals surface area contributed by atoms with Crippen molar-refractivity contribution in [3.05, 3.63) is 30.3 Å². The molecule has 0 aromatic heterocycles. The third kappa shape index (κ3) is 4.12. The van der Waals surface area contributed by atoms with Gasteiger partial charge in [-0.25, -0.2) is 0 Å². The van der Waals surface area contributed by atoms with Crippen molar-refractivity contribution in [1.82, 2.24) is 4.90 Å². The van der Waals surface area contributed by atoms with Gasteiger partial charge in [-0.1, -0.05) is 37.5 Å². The van der Waals surface area contributed by atoms with Crippen molar-refractivity contribution in [2.75, 3.05) is 18.4 Å². The average Bonchev–Trinajstić information content (AvgIpc) is 2.63. The summed E-state index contributed by atoms with van der Waals surface area (Å²) in [5, 5.41) is 2.97. The van der Waals surface area contributed by atoms with Gasteiger partial charge in [-0.05, 0) is 37.8 Å². The molecule has 4 nitrogen and oxygen atoms in total. The second-order valence-corrected chi connectivity index (χ2v) is 6.81. The maximum atomic E-state index is 12.7. The zero-order valence-electron chi connectivity index (χ0n) is 13.7. The topological polar surface area (TPSA) is 49.4 Å². The molecule has 1 aromatic carbocycles. The molecule has 1 N–H and O–H groups in total. The summed E-state index contributed by atoms with van der Waals surface area (Å²) >= 11 is 0. The number of amides is 2. The highest BCUT2D eigenvalue weighted by molar-refractivity contribution is 5.93. The van der Waals surface area contributed by atoms with Crippen LogP contribution in [0.4, 0.5) is 5.69 Å². The fraction of sp³-hybridized carbons (Fsp3) is 0.579. The standard InChI is InChI=1S/C19H26N2O2/c22-18(20-17-11-5-2-6-12-17)16-10-7-13-21(14-16)19(23)15-8-3-1-4-9-15/h2,5-6,11-12,15-16H,1,3-4,7-10,13-14H2,(H,20,22)/t16-/m0/s1. The molecule has 0 bridgehead atoms. The van der Waals surface area contributed by atoms with Crippen molar-refractivity contribution < 1.29 is 9.59 Å². The lowest BCUT2D eigenvalue weighted by Crippen LogP contribution is -2.46. The van der Waals surface area contributed by atoms with E-state index in [4.69, 9.17) is 0 Å². The van der Waals surface area contributed by atoms with Crippen LogP contribution in [-0.2, 0) is 9.59 Å². The number of carbonyl (C=O) groups excluding carboxylic acids is 2. The Bertz CT molecular complexity index is 538. The molecular weight excluding hydrogens is 288 g/mol. The van der Waals surface area contributed by atoms with E-state index in [0.717, 1.165) is 37.9 Å². The normalized spacial score (nSPS) is 22.6. The molecule has 0 spiro atoms. The van der Waals surface area contributed by atoms with Crippen LogP contribution in [0.15, 0.2) is 30.3 Å². The molecule has 0 unspecified atom stereocenters. The van der Waals surface area contributed by atoms with Crippen molar-refractivity contribution in [2.24, 2.45) is 11.8 Å². The van der Waals surface area contributed by atoms with Crippen LogP contribution in [0, 0.1) is 11.8 Å². The lowest BCUT2D eigenvalue weighted by atomic mass is 9.87. The van der Waals surface area contributed by atoms with Crippen molar-refractivity contribution in [3.63, 3.8) is 0 Å². The fourth-order valence-electron chi connectivity index (χ4n) is 3.76. The number of hydrogen-bond donors (Lipinski definition) is 1. The quantitative estimate of drug-likeness (QED) is 0.929. The number of piperidine rings is 1. The second kappa shape index (κ2) is 7.62. The molecule has 1 saturated carbocycles. The van der Waals surface area contributed by atoms with E-state index in [0.29, 0.717) is 6.54 Å². The summed E-state index contributed by atoms with van der Waals surface area (Å²) < 4.78 is 0. The van der Waals surface area contributed by atoms with E-state index in [1.54, 1.807) is 0 Å². The van der Waals surface area contributed by atoms with E-state index in [1.807, 2.05) is 35.2 Å². The number of likely N-dealkylation sites (tertiary alicyclic amines) is 1. The Morgan fingerprint density at radius 1 is 0.913 bits per heavy atom. The number of para-hydroxylation sites is 1. The zero-order chi connectivity index (χ0) is 16.1. The van der Waals surface area contributed by atoms with Gasteiger partial charge in [0, 0.05) is 24.7 Å². The molecule has 1 atom stereocenters. The predicted molar refractivity (Wildman–Crippen MR) is 91.0 cm³/mol. The van der Waals surface area contributed by atoms with Crippen LogP contribution in [0.3, 0.4) is 0 Å². The summed E-state index contributed by atoms with van der Waals surface area (Å²) in [7, 11) is 0. The van der Waals surface area contributed by atoms with Gasteiger partial charge >= 0.3 is 0 Å². The van der Waals surface area contributed by atoms with Gasteiger partial charge in [0.1, 0.15) is 0 Å². The summed E-state index contributed by atoms with van der Waals surface area (Å²) in [5.41, 5.74) is 0.827. The van der Waals surface area contributed by atoms with Crippen LogP contribution in [0.2, 0.25) is 0 Å². The van der Waals surface area contributed by atoms with E-state index < -0.39 is 0 Å². The summed E-state index contributed by atoms with van der Waals surface area (Å²) in [5.74, 6) is 0.426. The van der Waals surface area contributed by atoms with E-state index in [9.17, 15) is 9.59 Å². The van der Waals surface area contributed by atoms with Crippen LogP contribution in [-0.4, -0.2) is 29.8 Å².